The smallest absolute Gasteiger partial charge is 0.227 e. The SMILES string of the molecule is CC1CCN(c2nc(N3CCOCC3)nc3c2CN(C(=O)Cc2ccccc2)CC3)CC1. The maximum absolute atomic E-state index is 13.1. The monoisotopic (exact) mass is 435 g/mol. The predicted octanol–water partition coefficient (Wildman–Crippen LogP) is 2.68. The van der Waals surface area contributed by atoms with E-state index in [4.69, 9.17) is 14.7 Å². The summed E-state index contributed by atoms with van der Waals surface area (Å²) in [6.07, 6.45) is 3.59. The van der Waals surface area contributed by atoms with Gasteiger partial charge in [0.05, 0.1) is 31.9 Å². The van der Waals surface area contributed by atoms with E-state index < -0.39 is 0 Å². The minimum absolute atomic E-state index is 0.178. The highest BCUT2D eigenvalue weighted by atomic mass is 16.5. The first kappa shape index (κ1) is 21.2. The Morgan fingerprint density at radius 1 is 1.00 bits per heavy atom. The number of ether oxygens (including phenoxy) is 1. The van der Waals surface area contributed by atoms with Gasteiger partial charge in [0.15, 0.2) is 0 Å². The van der Waals surface area contributed by atoms with E-state index in [-0.39, 0.29) is 5.91 Å². The van der Waals surface area contributed by atoms with Crippen LogP contribution in [0.5, 0.6) is 0 Å². The molecule has 1 aromatic carbocycles. The summed E-state index contributed by atoms with van der Waals surface area (Å²) in [4.78, 5) is 29.8. The van der Waals surface area contributed by atoms with E-state index in [1.807, 2.05) is 35.2 Å². The first-order valence-electron chi connectivity index (χ1n) is 12.0. The van der Waals surface area contributed by atoms with Crippen LogP contribution in [0.2, 0.25) is 0 Å². The number of amides is 1. The fourth-order valence-electron chi connectivity index (χ4n) is 4.87. The number of morpholine rings is 1. The molecule has 0 radical (unpaired) electrons. The highest BCUT2D eigenvalue weighted by Gasteiger charge is 2.30. The molecule has 170 valence electrons. The second-order valence-corrected chi connectivity index (χ2v) is 9.27. The number of aromatic nitrogens is 2. The van der Waals surface area contributed by atoms with Gasteiger partial charge < -0.3 is 19.4 Å². The van der Waals surface area contributed by atoms with Crippen molar-refractivity contribution in [1.29, 1.82) is 0 Å². The topological polar surface area (TPSA) is 61.8 Å². The summed E-state index contributed by atoms with van der Waals surface area (Å²) < 4.78 is 5.53. The summed E-state index contributed by atoms with van der Waals surface area (Å²) in [5, 5.41) is 0. The van der Waals surface area contributed by atoms with Crippen molar-refractivity contribution in [3.05, 3.63) is 47.2 Å². The van der Waals surface area contributed by atoms with Gasteiger partial charge in [-0.15, -0.1) is 0 Å². The second kappa shape index (κ2) is 9.45. The van der Waals surface area contributed by atoms with E-state index in [1.54, 1.807) is 0 Å². The zero-order valence-electron chi connectivity index (χ0n) is 19.0. The van der Waals surface area contributed by atoms with Crippen LogP contribution in [0.15, 0.2) is 30.3 Å². The zero-order valence-corrected chi connectivity index (χ0v) is 19.0. The predicted molar refractivity (Wildman–Crippen MR) is 125 cm³/mol. The van der Waals surface area contributed by atoms with E-state index in [0.29, 0.717) is 19.5 Å². The van der Waals surface area contributed by atoms with E-state index >= 15 is 0 Å². The molecule has 2 saturated heterocycles. The van der Waals surface area contributed by atoms with Gasteiger partial charge in [0.2, 0.25) is 11.9 Å². The van der Waals surface area contributed by atoms with Gasteiger partial charge in [-0.3, -0.25) is 4.79 Å². The molecular formula is C25H33N5O2. The average Bonchev–Trinajstić information content (AvgIpc) is 2.85. The Bertz CT molecular complexity index is 937. The van der Waals surface area contributed by atoms with Crippen molar-refractivity contribution < 1.29 is 9.53 Å². The quantitative estimate of drug-likeness (QED) is 0.736. The van der Waals surface area contributed by atoms with Crippen molar-refractivity contribution in [3.63, 3.8) is 0 Å². The molecule has 0 atom stereocenters. The molecule has 0 saturated carbocycles. The van der Waals surface area contributed by atoms with Crippen LogP contribution < -0.4 is 9.80 Å². The molecule has 0 N–H and O–H groups in total. The lowest BCUT2D eigenvalue weighted by atomic mass is 9.98. The minimum atomic E-state index is 0.178. The van der Waals surface area contributed by atoms with Gasteiger partial charge in [0, 0.05) is 44.7 Å². The molecule has 4 heterocycles. The fraction of sp³-hybridized carbons (Fsp3) is 0.560. The Kier molecular flexibility index (Phi) is 6.26. The number of nitrogens with zero attached hydrogens (tertiary/aromatic N) is 5. The lowest BCUT2D eigenvalue weighted by Gasteiger charge is -2.37. The highest BCUT2D eigenvalue weighted by molar-refractivity contribution is 5.79. The molecule has 0 aliphatic carbocycles. The molecule has 7 nitrogen and oxygen atoms in total. The first-order valence-corrected chi connectivity index (χ1v) is 12.0. The second-order valence-electron chi connectivity index (χ2n) is 9.27. The summed E-state index contributed by atoms with van der Waals surface area (Å²) in [5.41, 5.74) is 3.32. The largest absolute Gasteiger partial charge is 0.378 e. The number of rotatable bonds is 4. The number of fused-ring (bicyclic) bond motifs is 1. The number of benzene rings is 1. The van der Waals surface area contributed by atoms with Crippen LogP contribution in [0.3, 0.4) is 0 Å². The van der Waals surface area contributed by atoms with E-state index in [0.717, 1.165) is 80.3 Å². The molecule has 0 bridgehead atoms. The van der Waals surface area contributed by atoms with Crippen LogP contribution in [0, 0.1) is 5.92 Å². The molecule has 3 aliphatic heterocycles. The Morgan fingerprint density at radius 3 is 2.50 bits per heavy atom. The number of carbonyl (C=O) groups is 1. The summed E-state index contributed by atoms with van der Waals surface area (Å²) in [7, 11) is 0. The molecule has 2 fully saturated rings. The lowest BCUT2D eigenvalue weighted by Crippen LogP contribution is -2.42. The van der Waals surface area contributed by atoms with Crippen molar-refractivity contribution in [1.82, 2.24) is 14.9 Å². The third kappa shape index (κ3) is 4.58. The van der Waals surface area contributed by atoms with Gasteiger partial charge in [-0.1, -0.05) is 37.3 Å². The van der Waals surface area contributed by atoms with Gasteiger partial charge in [-0.25, -0.2) is 4.98 Å². The minimum Gasteiger partial charge on any atom is -0.378 e. The van der Waals surface area contributed by atoms with Crippen LogP contribution in [0.4, 0.5) is 11.8 Å². The third-order valence-corrected chi connectivity index (χ3v) is 6.95. The molecule has 32 heavy (non-hydrogen) atoms. The summed E-state index contributed by atoms with van der Waals surface area (Å²) in [6, 6.07) is 10.0. The van der Waals surface area contributed by atoms with Crippen LogP contribution in [0.1, 0.15) is 36.6 Å². The zero-order chi connectivity index (χ0) is 21.9. The van der Waals surface area contributed by atoms with E-state index in [2.05, 4.69) is 16.7 Å². The third-order valence-electron chi connectivity index (χ3n) is 6.95. The van der Waals surface area contributed by atoms with Crippen molar-refractivity contribution in [2.45, 2.75) is 39.2 Å². The standard InChI is InChI=1S/C25H33N5O2/c1-19-7-10-28(11-8-19)24-21-18-30(23(31)17-20-5-3-2-4-6-20)12-9-22(21)26-25(27-24)29-13-15-32-16-14-29/h2-6,19H,7-18H2,1H3. The maximum atomic E-state index is 13.1. The maximum Gasteiger partial charge on any atom is 0.227 e. The van der Waals surface area contributed by atoms with Crippen molar-refractivity contribution in [2.24, 2.45) is 5.92 Å². The van der Waals surface area contributed by atoms with Gasteiger partial charge in [-0.2, -0.15) is 4.98 Å². The van der Waals surface area contributed by atoms with E-state index in [9.17, 15) is 4.79 Å². The number of hydrogen-bond acceptors (Lipinski definition) is 6. The Balaban J connectivity index is 1.42. The molecule has 0 unspecified atom stereocenters. The highest BCUT2D eigenvalue weighted by Crippen LogP contribution is 2.32. The van der Waals surface area contributed by atoms with Crippen molar-refractivity contribution >= 4 is 17.7 Å². The van der Waals surface area contributed by atoms with Gasteiger partial charge in [0.1, 0.15) is 5.82 Å². The van der Waals surface area contributed by atoms with Crippen molar-refractivity contribution in [3.8, 4) is 0 Å². The number of anilines is 2. The fourth-order valence-corrected chi connectivity index (χ4v) is 4.87. The Morgan fingerprint density at radius 2 is 1.75 bits per heavy atom. The molecule has 1 aromatic heterocycles. The van der Waals surface area contributed by atoms with Crippen LogP contribution in [-0.2, 0) is 28.9 Å². The first-order chi connectivity index (χ1) is 15.7. The molecule has 7 heteroatoms. The van der Waals surface area contributed by atoms with E-state index in [1.165, 1.54) is 12.8 Å². The molecule has 3 aliphatic rings. The Hall–Kier alpha value is -2.67. The molecular weight excluding hydrogens is 402 g/mol. The molecule has 1 amide bonds. The number of carbonyl (C=O) groups excluding carboxylic acids is 1. The summed E-state index contributed by atoms with van der Waals surface area (Å²) >= 11 is 0. The van der Waals surface area contributed by atoms with Gasteiger partial charge in [-0.05, 0) is 24.3 Å². The summed E-state index contributed by atoms with van der Waals surface area (Å²) in [5.74, 6) is 2.80. The number of hydrogen-bond donors (Lipinski definition) is 0. The molecule has 5 rings (SSSR count). The Labute approximate surface area is 190 Å². The van der Waals surface area contributed by atoms with Crippen LogP contribution in [-0.4, -0.2) is 66.7 Å². The molecule has 2 aromatic rings. The van der Waals surface area contributed by atoms with Gasteiger partial charge >= 0.3 is 0 Å². The van der Waals surface area contributed by atoms with Crippen LogP contribution in [0.25, 0.3) is 0 Å². The number of piperidine rings is 1. The molecule has 0 spiro atoms. The average molecular weight is 436 g/mol. The normalized spacial score (nSPS) is 19.7. The van der Waals surface area contributed by atoms with Gasteiger partial charge in [0.25, 0.3) is 0 Å². The lowest BCUT2D eigenvalue weighted by molar-refractivity contribution is -0.131. The summed E-state index contributed by atoms with van der Waals surface area (Å²) in [6.45, 7) is 8.79. The van der Waals surface area contributed by atoms with Crippen molar-refractivity contribution in [2.75, 3.05) is 55.7 Å². The van der Waals surface area contributed by atoms with Crippen LogP contribution >= 0.6 is 0 Å².